The summed E-state index contributed by atoms with van der Waals surface area (Å²) in [6.07, 6.45) is 6.36. The van der Waals surface area contributed by atoms with Gasteiger partial charge in [0.1, 0.15) is 0 Å². The maximum absolute atomic E-state index is 12.0. The lowest BCUT2D eigenvalue weighted by Gasteiger charge is -2.26. The molecule has 1 saturated heterocycles. The Morgan fingerprint density at radius 2 is 1.81 bits per heavy atom. The first-order valence-corrected chi connectivity index (χ1v) is 6.28. The Hall–Kier alpha value is -0.610. The topological polar surface area (TPSA) is 55.6 Å². The van der Waals surface area contributed by atoms with Gasteiger partial charge >= 0.3 is 0 Å². The molecule has 0 aromatic carbocycles. The third-order valence-corrected chi connectivity index (χ3v) is 3.21. The van der Waals surface area contributed by atoms with Crippen LogP contribution in [0.4, 0.5) is 0 Å². The maximum Gasteiger partial charge on any atom is 0.225 e. The van der Waals surface area contributed by atoms with Gasteiger partial charge in [-0.25, -0.2) is 0 Å². The summed E-state index contributed by atoms with van der Waals surface area (Å²) in [4.78, 5) is 14.0. The Bertz CT molecular complexity index is 197. The first-order valence-electron chi connectivity index (χ1n) is 6.28. The highest BCUT2D eigenvalue weighted by Crippen LogP contribution is 2.12. The van der Waals surface area contributed by atoms with E-state index in [1.54, 1.807) is 7.11 Å². The molecule has 0 radical (unpaired) electrons. The van der Waals surface area contributed by atoms with Crippen LogP contribution in [0.15, 0.2) is 0 Å². The molecule has 0 saturated carbocycles. The molecule has 4 nitrogen and oxygen atoms in total. The molecular formula is C12H24N2O2. The molecule has 0 aliphatic carbocycles. The number of likely N-dealkylation sites (tertiary alicyclic amines) is 1. The fourth-order valence-corrected chi connectivity index (χ4v) is 2.08. The second-order valence-electron chi connectivity index (χ2n) is 4.45. The van der Waals surface area contributed by atoms with Gasteiger partial charge < -0.3 is 15.4 Å². The minimum atomic E-state index is -0.127. The summed E-state index contributed by atoms with van der Waals surface area (Å²) >= 11 is 0. The molecule has 1 aliphatic heterocycles. The Balaban J connectivity index is 2.37. The second-order valence-corrected chi connectivity index (χ2v) is 4.45. The number of amides is 1. The summed E-state index contributed by atoms with van der Waals surface area (Å²) in [5.41, 5.74) is 5.52. The van der Waals surface area contributed by atoms with E-state index in [1.165, 1.54) is 19.3 Å². The lowest BCUT2D eigenvalue weighted by molar-refractivity contribution is -0.134. The summed E-state index contributed by atoms with van der Waals surface area (Å²) in [6, 6.07) is 0. The number of methoxy groups -OCH3 is 1. The van der Waals surface area contributed by atoms with Gasteiger partial charge in [0.2, 0.25) is 5.91 Å². The van der Waals surface area contributed by atoms with Crippen LogP contribution in [-0.4, -0.2) is 43.7 Å². The molecule has 0 aromatic heterocycles. The van der Waals surface area contributed by atoms with E-state index in [1.807, 2.05) is 4.90 Å². The standard InChI is InChI=1S/C12H24N2O2/c1-16-11(10-13)9-12(15)14-7-5-3-2-4-6-8-14/h11H,2-10,13H2,1H3. The van der Waals surface area contributed by atoms with Crippen molar-refractivity contribution >= 4 is 5.91 Å². The quantitative estimate of drug-likeness (QED) is 0.785. The summed E-state index contributed by atoms with van der Waals surface area (Å²) in [5.74, 6) is 0.194. The van der Waals surface area contributed by atoms with Crippen LogP contribution in [0.5, 0.6) is 0 Å². The molecule has 0 aromatic rings. The summed E-state index contributed by atoms with van der Waals surface area (Å²) in [6.45, 7) is 2.22. The summed E-state index contributed by atoms with van der Waals surface area (Å²) < 4.78 is 5.14. The van der Waals surface area contributed by atoms with Crippen molar-refractivity contribution < 1.29 is 9.53 Å². The van der Waals surface area contributed by atoms with Gasteiger partial charge in [0.05, 0.1) is 12.5 Å². The van der Waals surface area contributed by atoms with E-state index in [0.717, 1.165) is 25.9 Å². The van der Waals surface area contributed by atoms with Crippen molar-refractivity contribution in [1.82, 2.24) is 4.90 Å². The second kappa shape index (κ2) is 7.63. The predicted octanol–water partition coefficient (Wildman–Crippen LogP) is 1.14. The first kappa shape index (κ1) is 13.5. The third kappa shape index (κ3) is 4.49. The van der Waals surface area contributed by atoms with E-state index < -0.39 is 0 Å². The molecule has 1 aliphatic rings. The molecule has 1 atom stereocenters. The zero-order valence-electron chi connectivity index (χ0n) is 10.3. The molecule has 1 rings (SSSR count). The number of ether oxygens (including phenoxy) is 1. The smallest absolute Gasteiger partial charge is 0.225 e. The van der Waals surface area contributed by atoms with Crippen LogP contribution in [0.2, 0.25) is 0 Å². The van der Waals surface area contributed by atoms with Gasteiger partial charge in [-0.1, -0.05) is 19.3 Å². The molecule has 1 amide bonds. The van der Waals surface area contributed by atoms with Gasteiger partial charge in [-0.2, -0.15) is 0 Å². The molecule has 1 heterocycles. The Morgan fingerprint density at radius 3 is 2.31 bits per heavy atom. The van der Waals surface area contributed by atoms with Crippen molar-refractivity contribution in [1.29, 1.82) is 0 Å². The fourth-order valence-electron chi connectivity index (χ4n) is 2.08. The zero-order valence-corrected chi connectivity index (χ0v) is 10.3. The maximum atomic E-state index is 12.0. The largest absolute Gasteiger partial charge is 0.380 e. The number of hydrogen-bond acceptors (Lipinski definition) is 3. The van der Waals surface area contributed by atoms with Crippen molar-refractivity contribution in [3.05, 3.63) is 0 Å². The van der Waals surface area contributed by atoms with E-state index in [9.17, 15) is 4.79 Å². The number of nitrogens with zero attached hydrogens (tertiary/aromatic N) is 1. The number of carbonyl (C=O) groups excluding carboxylic acids is 1. The van der Waals surface area contributed by atoms with Gasteiger partial charge in [0.25, 0.3) is 0 Å². The number of hydrogen-bond donors (Lipinski definition) is 1. The van der Waals surface area contributed by atoms with Gasteiger partial charge in [0, 0.05) is 26.7 Å². The van der Waals surface area contributed by atoms with Crippen molar-refractivity contribution in [3.8, 4) is 0 Å². The Kier molecular flexibility index (Phi) is 6.42. The van der Waals surface area contributed by atoms with E-state index in [2.05, 4.69) is 0 Å². The van der Waals surface area contributed by atoms with Crippen molar-refractivity contribution in [3.63, 3.8) is 0 Å². The molecule has 0 bridgehead atoms. The molecule has 4 heteroatoms. The normalized spacial score (nSPS) is 20.0. The lowest BCUT2D eigenvalue weighted by atomic mass is 10.1. The van der Waals surface area contributed by atoms with Gasteiger partial charge in [-0.15, -0.1) is 0 Å². The van der Waals surface area contributed by atoms with Crippen LogP contribution < -0.4 is 5.73 Å². The summed E-state index contributed by atoms with van der Waals surface area (Å²) in [7, 11) is 1.61. The van der Waals surface area contributed by atoms with Crippen LogP contribution in [0, 0.1) is 0 Å². The molecule has 16 heavy (non-hydrogen) atoms. The third-order valence-electron chi connectivity index (χ3n) is 3.21. The molecule has 2 N–H and O–H groups in total. The van der Waals surface area contributed by atoms with Crippen LogP contribution in [0.25, 0.3) is 0 Å². The summed E-state index contributed by atoms with van der Waals surface area (Å²) in [5, 5.41) is 0. The molecule has 0 spiro atoms. The average Bonchev–Trinajstić information content (AvgIpc) is 2.25. The lowest BCUT2D eigenvalue weighted by Crippen LogP contribution is -2.37. The highest BCUT2D eigenvalue weighted by molar-refractivity contribution is 5.76. The van der Waals surface area contributed by atoms with Gasteiger partial charge in [-0.3, -0.25) is 4.79 Å². The Labute approximate surface area is 98.1 Å². The molecular weight excluding hydrogens is 204 g/mol. The van der Waals surface area contributed by atoms with E-state index in [4.69, 9.17) is 10.5 Å². The molecule has 1 unspecified atom stereocenters. The van der Waals surface area contributed by atoms with Gasteiger partial charge in [0.15, 0.2) is 0 Å². The van der Waals surface area contributed by atoms with E-state index in [0.29, 0.717) is 13.0 Å². The predicted molar refractivity (Wildman–Crippen MR) is 64.1 cm³/mol. The highest BCUT2D eigenvalue weighted by atomic mass is 16.5. The Morgan fingerprint density at radius 1 is 1.25 bits per heavy atom. The van der Waals surface area contributed by atoms with Crippen LogP contribution in [0.3, 0.4) is 0 Å². The van der Waals surface area contributed by atoms with Crippen molar-refractivity contribution in [2.24, 2.45) is 5.73 Å². The van der Waals surface area contributed by atoms with Crippen LogP contribution in [0.1, 0.15) is 38.5 Å². The van der Waals surface area contributed by atoms with Crippen molar-refractivity contribution in [2.45, 2.75) is 44.6 Å². The van der Waals surface area contributed by atoms with E-state index in [-0.39, 0.29) is 12.0 Å². The zero-order chi connectivity index (χ0) is 11.8. The first-order chi connectivity index (χ1) is 7.77. The average molecular weight is 228 g/mol. The molecule has 1 fully saturated rings. The van der Waals surface area contributed by atoms with Crippen LogP contribution >= 0.6 is 0 Å². The highest BCUT2D eigenvalue weighted by Gasteiger charge is 2.18. The van der Waals surface area contributed by atoms with Gasteiger partial charge in [-0.05, 0) is 12.8 Å². The molecule has 94 valence electrons. The minimum Gasteiger partial charge on any atom is -0.380 e. The number of rotatable bonds is 4. The SMILES string of the molecule is COC(CN)CC(=O)N1CCCCCCC1. The number of carbonyl (C=O) groups is 1. The van der Waals surface area contributed by atoms with E-state index >= 15 is 0 Å². The van der Waals surface area contributed by atoms with Crippen molar-refractivity contribution in [2.75, 3.05) is 26.7 Å². The monoisotopic (exact) mass is 228 g/mol. The fraction of sp³-hybridized carbons (Fsp3) is 0.917. The van der Waals surface area contributed by atoms with Crippen LogP contribution in [-0.2, 0) is 9.53 Å². The minimum absolute atomic E-state index is 0.127. The number of nitrogens with two attached hydrogens (primary N) is 1.